The molecule has 0 unspecified atom stereocenters. The summed E-state index contributed by atoms with van der Waals surface area (Å²) in [5.41, 5.74) is 1.42. The molecule has 0 aromatic heterocycles. The summed E-state index contributed by atoms with van der Waals surface area (Å²) < 4.78 is 4.83. The topological polar surface area (TPSA) is 92.7 Å². The Morgan fingerprint density at radius 2 is 1.72 bits per heavy atom. The molecule has 138 valence electrons. The largest absolute Gasteiger partial charge is 0.480 e. The smallest absolute Gasteiger partial charge is 0.326 e. The molecule has 1 amide bonds. The van der Waals surface area contributed by atoms with Crippen molar-refractivity contribution in [2.75, 3.05) is 6.61 Å². The number of carboxylic acids is 1. The molecule has 0 fully saturated rings. The number of benzene rings is 1. The van der Waals surface area contributed by atoms with E-state index in [1.165, 1.54) is 0 Å². The molecular formula is C19H27NO5. The SMILES string of the molecule is CCOC(=O)C[C@@H](C)[C@H](NC(=O)c1ccc(C(C)(C)C)cc1)C(=O)O. The third-order valence-electron chi connectivity index (χ3n) is 3.93. The molecule has 0 aliphatic heterocycles. The first kappa shape index (κ1) is 20.7. The maximum absolute atomic E-state index is 12.3. The third-order valence-corrected chi connectivity index (χ3v) is 3.93. The molecular weight excluding hydrogens is 322 g/mol. The van der Waals surface area contributed by atoms with Crippen LogP contribution in [0.5, 0.6) is 0 Å². The van der Waals surface area contributed by atoms with Crippen LogP contribution in [0.15, 0.2) is 24.3 Å². The van der Waals surface area contributed by atoms with Crippen LogP contribution in [-0.4, -0.2) is 35.6 Å². The first-order chi connectivity index (χ1) is 11.6. The number of hydrogen-bond donors (Lipinski definition) is 2. The van der Waals surface area contributed by atoms with Crippen molar-refractivity contribution >= 4 is 17.8 Å². The standard InChI is InChI=1S/C19H27NO5/c1-6-25-15(21)11-12(2)16(18(23)24)20-17(22)13-7-9-14(10-8-13)19(3,4)5/h7-10,12,16H,6,11H2,1-5H3,(H,20,22)(H,23,24)/t12-,16+/m1/s1. The van der Waals surface area contributed by atoms with Crippen LogP contribution in [0.4, 0.5) is 0 Å². The van der Waals surface area contributed by atoms with E-state index in [1.807, 2.05) is 12.1 Å². The van der Waals surface area contributed by atoms with E-state index in [9.17, 15) is 19.5 Å². The number of carboxylic acid groups (broad SMARTS) is 1. The Bertz CT molecular complexity index is 616. The monoisotopic (exact) mass is 349 g/mol. The van der Waals surface area contributed by atoms with Crippen molar-refractivity contribution < 1.29 is 24.2 Å². The maximum atomic E-state index is 12.3. The number of carbonyl (C=O) groups excluding carboxylic acids is 2. The zero-order valence-corrected chi connectivity index (χ0v) is 15.5. The van der Waals surface area contributed by atoms with Crippen molar-refractivity contribution in [3.63, 3.8) is 0 Å². The fourth-order valence-corrected chi connectivity index (χ4v) is 2.39. The van der Waals surface area contributed by atoms with E-state index in [0.29, 0.717) is 5.56 Å². The normalized spacial score (nSPS) is 13.6. The van der Waals surface area contributed by atoms with E-state index >= 15 is 0 Å². The van der Waals surface area contributed by atoms with E-state index in [4.69, 9.17) is 4.74 Å². The Morgan fingerprint density at radius 3 is 2.16 bits per heavy atom. The fourth-order valence-electron chi connectivity index (χ4n) is 2.39. The summed E-state index contributed by atoms with van der Waals surface area (Å²) >= 11 is 0. The number of amides is 1. The van der Waals surface area contributed by atoms with Gasteiger partial charge in [-0.3, -0.25) is 9.59 Å². The quantitative estimate of drug-likeness (QED) is 0.738. The van der Waals surface area contributed by atoms with Crippen LogP contribution in [0.2, 0.25) is 0 Å². The highest BCUT2D eigenvalue weighted by Gasteiger charge is 2.29. The lowest BCUT2D eigenvalue weighted by atomic mass is 9.86. The number of aliphatic carboxylic acids is 1. The lowest BCUT2D eigenvalue weighted by Crippen LogP contribution is -2.45. The molecule has 2 N–H and O–H groups in total. The second kappa shape index (κ2) is 8.65. The van der Waals surface area contributed by atoms with Gasteiger partial charge in [-0.2, -0.15) is 0 Å². The van der Waals surface area contributed by atoms with Gasteiger partial charge < -0.3 is 15.2 Å². The van der Waals surface area contributed by atoms with Gasteiger partial charge in [0.1, 0.15) is 6.04 Å². The molecule has 25 heavy (non-hydrogen) atoms. The first-order valence-electron chi connectivity index (χ1n) is 8.36. The predicted octanol–water partition coefficient (Wildman–Crippen LogP) is 2.76. The summed E-state index contributed by atoms with van der Waals surface area (Å²) in [6.07, 6.45) is -0.0753. The lowest BCUT2D eigenvalue weighted by molar-refractivity contribution is -0.145. The van der Waals surface area contributed by atoms with E-state index in [1.54, 1.807) is 26.0 Å². The zero-order chi connectivity index (χ0) is 19.2. The van der Waals surface area contributed by atoms with Gasteiger partial charge in [-0.15, -0.1) is 0 Å². The van der Waals surface area contributed by atoms with Crippen LogP contribution in [0.3, 0.4) is 0 Å². The minimum atomic E-state index is -1.18. The summed E-state index contributed by atoms with van der Waals surface area (Å²) in [7, 11) is 0. The lowest BCUT2D eigenvalue weighted by Gasteiger charge is -2.21. The molecule has 2 atom stereocenters. The van der Waals surface area contributed by atoms with E-state index in [0.717, 1.165) is 5.56 Å². The Hall–Kier alpha value is -2.37. The average Bonchev–Trinajstić information content (AvgIpc) is 2.51. The van der Waals surface area contributed by atoms with Crippen LogP contribution in [-0.2, 0) is 19.7 Å². The summed E-state index contributed by atoms with van der Waals surface area (Å²) in [5.74, 6) is -2.74. The van der Waals surface area contributed by atoms with Gasteiger partial charge in [-0.05, 0) is 36.0 Å². The second-order valence-electron chi connectivity index (χ2n) is 7.10. The van der Waals surface area contributed by atoms with E-state index in [2.05, 4.69) is 26.1 Å². The minimum absolute atomic E-state index is 0.0350. The summed E-state index contributed by atoms with van der Waals surface area (Å²) in [5, 5.41) is 11.9. The molecule has 0 radical (unpaired) electrons. The molecule has 0 spiro atoms. The average molecular weight is 349 g/mol. The van der Waals surface area contributed by atoms with Crippen molar-refractivity contribution in [1.29, 1.82) is 0 Å². The Morgan fingerprint density at radius 1 is 1.16 bits per heavy atom. The Kier molecular flexibility index (Phi) is 7.15. The maximum Gasteiger partial charge on any atom is 0.326 e. The summed E-state index contributed by atoms with van der Waals surface area (Å²) in [6.45, 7) is 9.72. The number of ether oxygens (including phenoxy) is 1. The van der Waals surface area contributed by atoms with Gasteiger partial charge in [0.05, 0.1) is 13.0 Å². The van der Waals surface area contributed by atoms with Crippen molar-refractivity contribution in [2.24, 2.45) is 5.92 Å². The van der Waals surface area contributed by atoms with Crippen LogP contribution < -0.4 is 5.32 Å². The van der Waals surface area contributed by atoms with E-state index < -0.39 is 29.8 Å². The van der Waals surface area contributed by atoms with Crippen LogP contribution in [0, 0.1) is 5.92 Å². The zero-order valence-electron chi connectivity index (χ0n) is 15.5. The number of rotatable bonds is 7. The van der Waals surface area contributed by atoms with Crippen molar-refractivity contribution in [1.82, 2.24) is 5.32 Å². The highest BCUT2D eigenvalue weighted by molar-refractivity contribution is 5.96. The highest BCUT2D eigenvalue weighted by atomic mass is 16.5. The summed E-state index contributed by atoms with van der Waals surface area (Å²) in [6, 6.07) is 5.88. The predicted molar refractivity (Wildman–Crippen MR) is 94.4 cm³/mol. The van der Waals surface area contributed by atoms with Crippen molar-refractivity contribution in [3.05, 3.63) is 35.4 Å². The van der Waals surface area contributed by atoms with Gasteiger partial charge in [0.15, 0.2) is 0 Å². The number of carbonyl (C=O) groups is 3. The second-order valence-corrected chi connectivity index (χ2v) is 7.10. The summed E-state index contributed by atoms with van der Waals surface area (Å²) in [4.78, 5) is 35.4. The Balaban J connectivity index is 2.82. The molecule has 1 aromatic carbocycles. The molecule has 6 heteroatoms. The number of esters is 1. The van der Waals surface area contributed by atoms with Gasteiger partial charge in [-0.25, -0.2) is 4.79 Å². The number of hydrogen-bond acceptors (Lipinski definition) is 4. The molecule has 1 rings (SSSR count). The van der Waals surface area contributed by atoms with Crippen LogP contribution in [0.1, 0.15) is 57.0 Å². The molecule has 0 bridgehead atoms. The Labute approximate surface area is 148 Å². The van der Waals surface area contributed by atoms with Crippen LogP contribution >= 0.6 is 0 Å². The number of nitrogens with one attached hydrogen (secondary N) is 1. The van der Waals surface area contributed by atoms with Gasteiger partial charge in [-0.1, -0.05) is 39.8 Å². The van der Waals surface area contributed by atoms with Crippen molar-refractivity contribution in [3.8, 4) is 0 Å². The van der Waals surface area contributed by atoms with Gasteiger partial charge in [0, 0.05) is 5.56 Å². The molecule has 0 saturated heterocycles. The van der Waals surface area contributed by atoms with Gasteiger partial charge >= 0.3 is 11.9 Å². The third kappa shape index (κ3) is 6.21. The van der Waals surface area contributed by atoms with Gasteiger partial charge in [0.25, 0.3) is 5.91 Å². The molecule has 0 saturated carbocycles. The van der Waals surface area contributed by atoms with Crippen LogP contribution in [0.25, 0.3) is 0 Å². The van der Waals surface area contributed by atoms with E-state index in [-0.39, 0.29) is 18.4 Å². The molecule has 1 aromatic rings. The van der Waals surface area contributed by atoms with Gasteiger partial charge in [0.2, 0.25) is 0 Å². The molecule has 0 heterocycles. The van der Waals surface area contributed by atoms with Crippen molar-refractivity contribution in [2.45, 2.75) is 52.5 Å². The molecule has 0 aliphatic rings. The minimum Gasteiger partial charge on any atom is -0.480 e. The fraction of sp³-hybridized carbons (Fsp3) is 0.526. The molecule has 6 nitrogen and oxygen atoms in total. The molecule has 0 aliphatic carbocycles. The first-order valence-corrected chi connectivity index (χ1v) is 8.36. The highest BCUT2D eigenvalue weighted by Crippen LogP contribution is 2.22.